The molecule has 1 atom stereocenters. The Balaban J connectivity index is 2.03. The number of rotatable bonds is 8. The minimum absolute atomic E-state index is 0.193. The van der Waals surface area contributed by atoms with Crippen LogP contribution in [0.4, 0.5) is 0 Å². The summed E-state index contributed by atoms with van der Waals surface area (Å²) in [5, 5.41) is 3.17. The van der Waals surface area contributed by atoms with Gasteiger partial charge in [-0.25, -0.2) is 0 Å². The van der Waals surface area contributed by atoms with E-state index in [2.05, 4.69) is 18.0 Å². The smallest absolute Gasteiger partial charge is 0.240 e. The normalized spacial score (nSPS) is 15.8. The molecule has 1 aromatic carbocycles. The van der Waals surface area contributed by atoms with Crippen LogP contribution in [-0.4, -0.2) is 43.3 Å². The average Bonchev–Trinajstić information content (AvgIpc) is 2.64. The van der Waals surface area contributed by atoms with E-state index >= 15 is 0 Å². The average molecular weight is 328 g/mol. The number of carbonyl (C=O) groups excluding carboxylic acids is 2. The summed E-state index contributed by atoms with van der Waals surface area (Å²) in [6.45, 7) is 5.81. The van der Waals surface area contributed by atoms with Crippen LogP contribution in [0.1, 0.15) is 43.2 Å². The summed E-state index contributed by atoms with van der Waals surface area (Å²) in [5.74, 6) is 0.197. The molecule has 130 valence electrons. The zero-order valence-electron chi connectivity index (χ0n) is 14.6. The van der Waals surface area contributed by atoms with Gasteiger partial charge in [-0.05, 0) is 55.9 Å². The van der Waals surface area contributed by atoms with Gasteiger partial charge < -0.3 is 15.0 Å². The van der Waals surface area contributed by atoms with Crippen molar-refractivity contribution in [3.63, 3.8) is 0 Å². The van der Waals surface area contributed by atoms with Gasteiger partial charge in [0, 0.05) is 19.5 Å². The maximum atomic E-state index is 12.7. The summed E-state index contributed by atoms with van der Waals surface area (Å²) < 4.78 is 0. The van der Waals surface area contributed by atoms with Gasteiger partial charge in [0.25, 0.3) is 0 Å². The highest BCUT2D eigenvalue weighted by Gasteiger charge is 2.24. The van der Waals surface area contributed by atoms with Crippen LogP contribution in [0.25, 0.3) is 5.57 Å². The van der Waals surface area contributed by atoms with Crippen molar-refractivity contribution in [2.24, 2.45) is 0 Å². The Hall–Kier alpha value is -1.94. The van der Waals surface area contributed by atoms with Crippen LogP contribution in [0.3, 0.4) is 0 Å². The van der Waals surface area contributed by atoms with Gasteiger partial charge in [-0.1, -0.05) is 30.8 Å². The fraction of sp³-hybridized carbons (Fsp3) is 0.500. The summed E-state index contributed by atoms with van der Waals surface area (Å²) in [5.41, 5.74) is 3.13. The van der Waals surface area contributed by atoms with Crippen LogP contribution in [-0.2, 0) is 16.0 Å². The lowest BCUT2D eigenvalue weighted by Gasteiger charge is -2.30. The Morgan fingerprint density at radius 3 is 2.75 bits per heavy atom. The lowest BCUT2D eigenvalue weighted by atomic mass is 9.97. The van der Waals surface area contributed by atoms with Crippen LogP contribution < -0.4 is 5.32 Å². The third-order valence-corrected chi connectivity index (χ3v) is 4.65. The van der Waals surface area contributed by atoms with Crippen molar-refractivity contribution in [3.05, 3.63) is 42.0 Å². The monoisotopic (exact) mass is 328 g/mol. The van der Waals surface area contributed by atoms with E-state index in [1.165, 1.54) is 6.42 Å². The van der Waals surface area contributed by atoms with Crippen molar-refractivity contribution < 1.29 is 9.59 Å². The number of likely N-dealkylation sites (tertiary alicyclic amines) is 1. The molecule has 0 saturated carbocycles. The second kappa shape index (κ2) is 9.38. The van der Waals surface area contributed by atoms with E-state index in [0.717, 1.165) is 48.9 Å². The highest BCUT2D eigenvalue weighted by atomic mass is 16.2. The topological polar surface area (TPSA) is 49.4 Å². The first-order valence-electron chi connectivity index (χ1n) is 8.82. The molecular formula is C20H28N2O2. The second-order valence-corrected chi connectivity index (χ2v) is 6.44. The van der Waals surface area contributed by atoms with Crippen LogP contribution in [0.5, 0.6) is 0 Å². The predicted octanol–water partition coefficient (Wildman–Crippen LogP) is 2.82. The van der Waals surface area contributed by atoms with E-state index < -0.39 is 0 Å². The Morgan fingerprint density at radius 1 is 1.33 bits per heavy atom. The van der Waals surface area contributed by atoms with Crippen molar-refractivity contribution in [2.45, 2.75) is 44.6 Å². The summed E-state index contributed by atoms with van der Waals surface area (Å²) in [6, 6.07) is 7.94. The van der Waals surface area contributed by atoms with Gasteiger partial charge in [0.05, 0.1) is 6.04 Å². The van der Waals surface area contributed by atoms with E-state index in [4.69, 9.17) is 0 Å². The molecule has 24 heavy (non-hydrogen) atoms. The van der Waals surface area contributed by atoms with E-state index in [-0.39, 0.29) is 11.9 Å². The Kier molecular flexibility index (Phi) is 7.19. The molecule has 4 nitrogen and oxygen atoms in total. The van der Waals surface area contributed by atoms with Crippen molar-refractivity contribution in [3.8, 4) is 0 Å². The Morgan fingerprint density at radius 2 is 2.08 bits per heavy atom. The Labute approximate surface area is 144 Å². The molecule has 0 bridgehead atoms. The van der Waals surface area contributed by atoms with Crippen molar-refractivity contribution in [1.82, 2.24) is 10.2 Å². The van der Waals surface area contributed by atoms with E-state index in [1.54, 1.807) is 0 Å². The SMILES string of the molecule is C=C(CCC=O)c1cccc(CC(NC)C(=O)N2CCCCC2)c1. The first-order chi connectivity index (χ1) is 11.7. The summed E-state index contributed by atoms with van der Waals surface area (Å²) in [4.78, 5) is 25.2. The number of piperidine rings is 1. The van der Waals surface area contributed by atoms with E-state index in [1.807, 2.05) is 30.1 Å². The molecule has 1 saturated heterocycles. The van der Waals surface area contributed by atoms with Crippen LogP contribution in [0.15, 0.2) is 30.8 Å². The molecule has 2 rings (SSSR count). The third kappa shape index (κ3) is 5.03. The number of hydrogen-bond donors (Lipinski definition) is 1. The lowest BCUT2D eigenvalue weighted by molar-refractivity contribution is -0.134. The fourth-order valence-corrected chi connectivity index (χ4v) is 3.18. The van der Waals surface area contributed by atoms with E-state index in [0.29, 0.717) is 19.3 Å². The molecule has 1 amide bonds. The number of likely N-dealkylation sites (N-methyl/N-ethyl adjacent to an activating group) is 1. The molecule has 0 spiro atoms. The highest BCUT2D eigenvalue weighted by Crippen LogP contribution is 2.20. The number of hydrogen-bond acceptors (Lipinski definition) is 3. The van der Waals surface area contributed by atoms with Gasteiger partial charge in [-0.15, -0.1) is 0 Å². The molecule has 4 heteroatoms. The van der Waals surface area contributed by atoms with Gasteiger partial charge in [0.15, 0.2) is 0 Å². The first-order valence-corrected chi connectivity index (χ1v) is 8.82. The largest absolute Gasteiger partial charge is 0.341 e. The summed E-state index contributed by atoms with van der Waals surface area (Å²) in [6.07, 6.45) is 6.19. The zero-order chi connectivity index (χ0) is 17.4. The van der Waals surface area contributed by atoms with Gasteiger partial charge in [0.1, 0.15) is 6.29 Å². The molecule has 1 fully saturated rings. The maximum Gasteiger partial charge on any atom is 0.240 e. The molecule has 1 heterocycles. The standard InChI is InChI=1S/C20H28N2O2/c1-16(8-7-13-23)18-10-6-9-17(14-18)15-19(21-2)20(24)22-11-4-3-5-12-22/h6,9-10,13-14,19,21H,1,3-5,7-8,11-12,15H2,2H3. The molecule has 1 aliphatic heterocycles. The predicted molar refractivity (Wildman–Crippen MR) is 97.8 cm³/mol. The Bertz CT molecular complexity index is 577. The second-order valence-electron chi connectivity index (χ2n) is 6.44. The van der Waals surface area contributed by atoms with Crippen molar-refractivity contribution in [2.75, 3.05) is 20.1 Å². The summed E-state index contributed by atoms with van der Waals surface area (Å²) >= 11 is 0. The molecule has 1 unspecified atom stereocenters. The molecule has 0 radical (unpaired) electrons. The zero-order valence-corrected chi connectivity index (χ0v) is 14.6. The number of nitrogens with zero attached hydrogens (tertiary/aromatic N) is 1. The van der Waals surface area contributed by atoms with Gasteiger partial charge in [0.2, 0.25) is 5.91 Å². The highest BCUT2D eigenvalue weighted by molar-refractivity contribution is 5.82. The number of aldehydes is 1. The maximum absolute atomic E-state index is 12.7. The lowest BCUT2D eigenvalue weighted by Crippen LogP contribution is -2.48. The molecule has 1 aliphatic rings. The number of carbonyl (C=O) groups is 2. The molecule has 1 N–H and O–H groups in total. The van der Waals surface area contributed by atoms with Gasteiger partial charge in [-0.2, -0.15) is 0 Å². The number of amides is 1. The van der Waals surface area contributed by atoms with Crippen molar-refractivity contribution in [1.29, 1.82) is 0 Å². The quantitative estimate of drug-likeness (QED) is 0.747. The molecule has 1 aromatic rings. The van der Waals surface area contributed by atoms with Gasteiger partial charge >= 0.3 is 0 Å². The van der Waals surface area contributed by atoms with Crippen LogP contribution in [0.2, 0.25) is 0 Å². The summed E-state index contributed by atoms with van der Waals surface area (Å²) in [7, 11) is 1.85. The van der Waals surface area contributed by atoms with Crippen LogP contribution in [0, 0.1) is 0 Å². The number of allylic oxidation sites excluding steroid dienone is 1. The minimum Gasteiger partial charge on any atom is -0.341 e. The molecule has 0 aromatic heterocycles. The third-order valence-electron chi connectivity index (χ3n) is 4.65. The van der Waals surface area contributed by atoms with Crippen molar-refractivity contribution >= 4 is 17.8 Å². The van der Waals surface area contributed by atoms with Crippen LogP contribution >= 0.6 is 0 Å². The molecular weight excluding hydrogens is 300 g/mol. The minimum atomic E-state index is -0.193. The fourth-order valence-electron chi connectivity index (χ4n) is 3.18. The number of benzene rings is 1. The molecule has 0 aliphatic carbocycles. The number of nitrogens with one attached hydrogen (secondary N) is 1. The van der Waals surface area contributed by atoms with Gasteiger partial charge in [-0.3, -0.25) is 4.79 Å². The first kappa shape index (κ1) is 18.4. The van der Waals surface area contributed by atoms with E-state index in [9.17, 15) is 9.59 Å².